The smallest absolute Gasteiger partial charge is 0.0337 e. The van der Waals surface area contributed by atoms with Gasteiger partial charge in [-0.15, -0.1) is 0 Å². The fourth-order valence-corrected chi connectivity index (χ4v) is 4.21. The number of hydrogen-bond donors (Lipinski definition) is 1. The minimum Gasteiger partial charge on any atom is -0.329 e. The minimum absolute atomic E-state index is 0.325. The van der Waals surface area contributed by atoms with Crippen molar-refractivity contribution in [1.29, 1.82) is 0 Å². The zero-order valence-electron chi connectivity index (χ0n) is 12.8. The molecule has 0 spiro atoms. The van der Waals surface area contributed by atoms with Gasteiger partial charge in [0, 0.05) is 18.1 Å². The van der Waals surface area contributed by atoms with Gasteiger partial charge in [0.25, 0.3) is 0 Å². The normalized spacial score (nSPS) is 41.2. The Morgan fingerprint density at radius 2 is 1.83 bits per heavy atom. The molecule has 2 N–H and O–H groups in total. The van der Waals surface area contributed by atoms with Crippen LogP contribution in [0.4, 0.5) is 0 Å². The van der Waals surface area contributed by atoms with Crippen molar-refractivity contribution in [3.63, 3.8) is 0 Å². The summed E-state index contributed by atoms with van der Waals surface area (Å²) in [6.45, 7) is 7.99. The third-order valence-corrected chi connectivity index (χ3v) is 5.92. The van der Waals surface area contributed by atoms with Gasteiger partial charge in [0.1, 0.15) is 0 Å². The zero-order valence-corrected chi connectivity index (χ0v) is 12.8. The lowest BCUT2D eigenvalue weighted by Crippen LogP contribution is -2.64. The fourth-order valence-electron chi connectivity index (χ4n) is 4.21. The van der Waals surface area contributed by atoms with E-state index in [1.54, 1.807) is 0 Å². The van der Waals surface area contributed by atoms with Crippen LogP contribution in [0.2, 0.25) is 0 Å². The molecule has 2 nitrogen and oxygen atoms in total. The van der Waals surface area contributed by atoms with Crippen LogP contribution in [0, 0.1) is 17.8 Å². The van der Waals surface area contributed by atoms with E-state index < -0.39 is 0 Å². The Morgan fingerprint density at radius 1 is 1.22 bits per heavy atom. The van der Waals surface area contributed by atoms with Crippen molar-refractivity contribution in [2.75, 3.05) is 13.6 Å². The molecule has 0 aromatic heterocycles. The molecule has 0 aromatic carbocycles. The Morgan fingerprint density at radius 3 is 2.33 bits per heavy atom. The molecule has 18 heavy (non-hydrogen) atoms. The molecule has 2 fully saturated rings. The van der Waals surface area contributed by atoms with Gasteiger partial charge < -0.3 is 5.73 Å². The molecule has 0 heterocycles. The topological polar surface area (TPSA) is 29.3 Å². The summed E-state index contributed by atoms with van der Waals surface area (Å²) in [6.07, 6.45) is 8.26. The largest absolute Gasteiger partial charge is 0.329 e. The van der Waals surface area contributed by atoms with Crippen molar-refractivity contribution in [3.8, 4) is 0 Å². The monoisotopic (exact) mass is 252 g/mol. The van der Waals surface area contributed by atoms with Crippen LogP contribution in [0.25, 0.3) is 0 Å². The van der Waals surface area contributed by atoms with E-state index in [9.17, 15) is 0 Å². The summed E-state index contributed by atoms with van der Waals surface area (Å²) in [5.41, 5.74) is 6.47. The van der Waals surface area contributed by atoms with Crippen LogP contribution in [0.3, 0.4) is 0 Å². The van der Waals surface area contributed by atoms with E-state index >= 15 is 0 Å². The summed E-state index contributed by atoms with van der Waals surface area (Å²) >= 11 is 0. The highest BCUT2D eigenvalue weighted by Gasteiger charge is 2.49. The SMILES string of the molecule is CC(C)C1CC(CN)(N(C)C2CCCCC2C)C1. The second-order valence-corrected chi connectivity index (χ2v) is 7.28. The first-order valence-electron chi connectivity index (χ1n) is 7.93. The third-order valence-electron chi connectivity index (χ3n) is 5.92. The third kappa shape index (κ3) is 2.46. The highest BCUT2D eigenvalue weighted by Crippen LogP contribution is 2.47. The highest BCUT2D eigenvalue weighted by atomic mass is 15.2. The average molecular weight is 252 g/mol. The minimum atomic E-state index is 0.325. The van der Waals surface area contributed by atoms with Gasteiger partial charge in [-0.3, -0.25) is 4.90 Å². The summed E-state index contributed by atoms with van der Waals surface area (Å²) in [4.78, 5) is 2.68. The van der Waals surface area contributed by atoms with Gasteiger partial charge in [-0.05, 0) is 50.5 Å². The van der Waals surface area contributed by atoms with E-state index in [4.69, 9.17) is 5.73 Å². The summed E-state index contributed by atoms with van der Waals surface area (Å²) in [5, 5.41) is 0. The molecule has 106 valence electrons. The van der Waals surface area contributed by atoms with Gasteiger partial charge in [-0.2, -0.15) is 0 Å². The Labute approximate surface area is 113 Å². The standard InChI is InChI=1S/C16H32N2/c1-12(2)14-9-16(10-14,11-17)18(4)15-8-6-5-7-13(15)3/h12-15H,5-11,17H2,1-4H3. The molecule has 0 saturated heterocycles. The van der Waals surface area contributed by atoms with E-state index in [-0.39, 0.29) is 0 Å². The van der Waals surface area contributed by atoms with E-state index in [1.165, 1.54) is 38.5 Å². The highest BCUT2D eigenvalue weighted by molar-refractivity contribution is 5.05. The maximum Gasteiger partial charge on any atom is 0.0337 e. The van der Waals surface area contributed by atoms with Crippen LogP contribution in [-0.2, 0) is 0 Å². The quantitative estimate of drug-likeness (QED) is 0.832. The number of hydrogen-bond acceptors (Lipinski definition) is 2. The maximum atomic E-state index is 6.14. The molecule has 0 aliphatic heterocycles. The second-order valence-electron chi connectivity index (χ2n) is 7.28. The predicted molar refractivity (Wildman–Crippen MR) is 78.5 cm³/mol. The van der Waals surface area contributed by atoms with Gasteiger partial charge in [0.2, 0.25) is 0 Å². The Bertz CT molecular complexity index is 268. The molecule has 2 unspecified atom stereocenters. The summed E-state index contributed by atoms with van der Waals surface area (Å²) in [5.74, 6) is 2.57. The predicted octanol–water partition coefficient (Wildman–Crippen LogP) is 3.26. The van der Waals surface area contributed by atoms with Crippen LogP contribution >= 0.6 is 0 Å². The number of nitrogens with zero attached hydrogens (tertiary/aromatic N) is 1. The zero-order chi connectivity index (χ0) is 13.3. The van der Waals surface area contributed by atoms with Gasteiger partial charge in [-0.1, -0.05) is 33.6 Å². The number of likely N-dealkylation sites (N-methyl/N-ethyl adjacent to an activating group) is 1. The average Bonchev–Trinajstić information content (AvgIpc) is 2.28. The van der Waals surface area contributed by atoms with Crippen LogP contribution in [-0.4, -0.2) is 30.1 Å². The van der Waals surface area contributed by atoms with E-state index in [0.717, 1.165) is 30.3 Å². The lowest BCUT2D eigenvalue weighted by molar-refractivity contribution is -0.0621. The van der Waals surface area contributed by atoms with Crippen LogP contribution in [0.15, 0.2) is 0 Å². The molecular weight excluding hydrogens is 220 g/mol. The van der Waals surface area contributed by atoms with Gasteiger partial charge >= 0.3 is 0 Å². The number of nitrogens with two attached hydrogens (primary N) is 1. The summed E-state index contributed by atoms with van der Waals surface area (Å²) < 4.78 is 0. The van der Waals surface area contributed by atoms with E-state index in [1.807, 2.05) is 0 Å². The van der Waals surface area contributed by atoms with Crippen molar-refractivity contribution in [1.82, 2.24) is 4.90 Å². The van der Waals surface area contributed by atoms with Crippen molar-refractivity contribution >= 4 is 0 Å². The molecule has 0 aromatic rings. The molecule has 0 amide bonds. The first-order chi connectivity index (χ1) is 8.50. The van der Waals surface area contributed by atoms with E-state index in [0.29, 0.717) is 5.54 Å². The van der Waals surface area contributed by atoms with Gasteiger partial charge in [0.05, 0.1) is 0 Å². The Hall–Kier alpha value is -0.0800. The molecular formula is C16H32N2. The lowest BCUT2D eigenvalue weighted by Gasteiger charge is -2.57. The summed E-state index contributed by atoms with van der Waals surface area (Å²) in [7, 11) is 2.34. The molecule has 2 heteroatoms. The van der Waals surface area contributed by atoms with Crippen molar-refractivity contribution < 1.29 is 0 Å². The van der Waals surface area contributed by atoms with Crippen molar-refractivity contribution in [2.24, 2.45) is 23.5 Å². The van der Waals surface area contributed by atoms with Crippen molar-refractivity contribution in [2.45, 2.75) is 70.9 Å². The Balaban J connectivity index is 2.00. The Kier molecular flexibility index (Phi) is 4.38. The van der Waals surface area contributed by atoms with E-state index in [2.05, 4.69) is 32.7 Å². The van der Waals surface area contributed by atoms with Crippen LogP contribution < -0.4 is 5.73 Å². The maximum absolute atomic E-state index is 6.14. The molecule has 0 bridgehead atoms. The first kappa shape index (κ1) is 14.3. The molecule has 2 aliphatic rings. The van der Waals surface area contributed by atoms with Gasteiger partial charge in [-0.25, -0.2) is 0 Å². The summed E-state index contributed by atoms with van der Waals surface area (Å²) in [6, 6.07) is 0.774. The molecule has 2 rings (SSSR count). The number of rotatable bonds is 4. The van der Waals surface area contributed by atoms with Crippen LogP contribution in [0.1, 0.15) is 59.3 Å². The second kappa shape index (κ2) is 5.50. The molecule has 2 atom stereocenters. The van der Waals surface area contributed by atoms with Crippen molar-refractivity contribution in [3.05, 3.63) is 0 Å². The molecule has 0 radical (unpaired) electrons. The lowest BCUT2D eigenvalue weighted by atomic mass is 9.62. The van der Waals surface area contributed by atoms with Crippen LogP contribution in [0.5, 0.6) is 0 Å². The van der Waals surface area contributed by atoms with Gasteiger partial charge in [0.15, 0.2) is 0 Å². The fraction of sp³-hybridized carbons (Fsp3) is 1.00. The molecule has 2 saturated carbocycles. The first-order valence-corrected chi connectivity index (χ1v) is 7.93. The molecule has 2 aliphatic carbocycles.